The average Bonchev–Trinajstić information content (AvgIpc) is 3.52. The highest BCUT2D eigenvalue weighted by molar-refractivity contribution is 8.02. The lowest BCUT2D eigenvalue weighted by molar-refractivity contribution is 1.10. The second-order valence-corrected chi connectivity index (χ2v) is 7.95. The van der Waals surface area contributed by atoms with Gasteiger partial charge in [-0.2, -0.15) is 5.10 Å². The SMILES string of the molecule is C1=C(c2nccc3[nH]c(-c4n[nH]c5ccc(-c6ccncc6)cc45)nc23)CCS1. The van der Waals surface area contributed by atoms with Gasteiger partial charge in [-0.05, 0) is 58.9 Å². The van der Waals surface area contributed by atoms with Crippen LogP contribution in [-0.4, -0.2) is 35.9 Å². The molecule has 2 N–H and O–H groups in total. The molecule has 0 saturated carbocycles. The molecule has 0 fully saturated rings. The number of pyridine rings is 2. The van der Waals surface area contributed by atoms with Gasteiger partial charge in [-0.15, -0.1) is 11.8 Å². The molecule has 0 unspecified atom stereocenters. The Kier molecular flexibility index (Phi) is 3.73. The van der Waals surface area contributed by atoms with E-state index in [1.54, 1.807) is 12.4 Å². The lowest BCUT2D eigenvalue weighted by Gasteiger charge is -2.01. The highest BCUT2D eigenvalue weighted by atomic mass is 32.2. The molecule has 0 atom stereocenters. The number of H-pyrrole nitrogens is 2. The van der Waals surface area contributed by atoms with Gasteiger partial charge in [-0.1, -0.05) is 6.07 Å². The first kappa shape index (κ1) is 16.5. The number of aromatic nitrogens is 6. The molecule has 1 aromatic carbocycles. The van der Waals surface area contributed by atoms with Gasteiger partial charge in [0.1, 0.15) is 11.2 Å². The maximum Gasteiger partial charge on any atom is 0.159 e. The Balaban J connectivity index is 1.51. The standard InChI is InChI=1S/C22H16N6S/c1-2-17-16(11-14(1)13-3-7-23-8-4-13)20(28-27-17)22-25-18-5-9-24-19(21(18)26-22)15-6-10-29-12-15/h1-5,7-9,11-12H,6,10H2,(H,25,26)(H,27,28). The van der Waals surface area contributed by atoms with Crippen molar-refractivity contribution in [1.82, 2.24) is 30.1 Å². The zero-order chi connectivity index (χ0) is 19.2. The predicted octanol–water partition coefficient (Wildman–Crippen LogP) is 5.04. The topological polar surface area (TPSA) is 83.1 Å². The summed E-state index contributed by atoms with van der Waals surface area (Å²) in [5.41, 5.74) is 8.13. The van der Waals surface area contributed by atoms with Crippen molar-refractivity contribution in [3.05, 3.63) is 66.1 Å². The normalized spacial score (nSPS) is 14.0. The van der Waals surface area contributed by atoms with Crippen LogP contribution in [0, 0.1) is 0 Å². The van der Waals surface area contributed by atoms with Crippen LogP contribution in [0.3, 0.4) is 0 Å². The van der Waals surface area contributed by atoms with Crippen molar-refractivity contribution in [2.24, 2.45) is 0 Å². The number of nitrogens with one attached hydrogen (secondary N) is 2. The zero-order valence-corrected chi connectivity index (χ0v) is 16.2. The van der Waals surface area contributed by atoms with Gasteiger partial charge in [0.25, 0.3) is 0 Å². The van der Waals surface area contributed by atoms with E-state index in [0.717, 1.165) is 62.4 Å². The molecule has 7 heteroatoms. The van der Waals surface area contributed by atoms with Crippen LogP contribution in [0.15, 0.2) is 60.4 Å². The second kappa shape index (κ2) is 6.56. The molecule has 5 heterocycles. The number of hydrogen-bond donors (Lipinski definition) is 2. The molecule has 4 aromatic heterocycles. The minimum Gasteiger partial charge on any atom is -0.336 e. The Morgan fingerprint density at radius 2 is 1.83 bits per heavy atom. The molecule has 0 spiro atoms. The summed E-state index contributed by atoms with van der Waals surface area (Å²) in [6.07, 6.45) is 6.48. The fourth-order valence-electron chi connectivity index (χ4n) is 3.76. The Morgan fingerprint density at radius 1 is 0.897 bits per heavy atom. The summed E-state index contributed by atoms with van der Waals surface area (Å²) in [4.78, 5) is 17.0. The molecule has 1 aliphatic rings. The number of hydrogen-bond acceptors (Lipinski definition) is 5. The highest BCUT2D eigenvalue weighted by Gasteiger charge is 2.18. The molecule has 0 radical (unpaired) electrons. The summed E-state index contributed by atoms with van der Waals surface area (Å²) in [7, 11) is 0. The Hall–Kier alpha value is -3.45. The van der Waals surface area contributed by atoms with Crippen molar-refractivity contribution in [3.8, 4) is 22.6 Å². The van der Waals surface area contributed by atoms with E-state index in [1.807, 2.05) is 36.2 Å². The van der Waals surface area contributed by atoms with Crippen LogP contribution in [0.5, 0.6) is 0 Å². The number of allylic oxidation sites excluding steroid dienone is 1. The summed E-state index contributed by atoms with van der Waals surface area (Å²) in [5, 5.41) is 10.9. The summed E-state index contributed by atoms with van der Waals surface area (Å²) in [6, 6.07) is 12.3. The molecular weight excluding hydrogens is 380 g/mol. The number of fused-ring (bicyclic) bond motifs is 2. The predicted molar refractivity (Wildman–Crippen MR) is 117 cm³/mol. The van der Waals surface area contributed by atoms with Crippen molar-refractivity contribution in [1.29, 1.82) is 0 Å². The molecule has 29 heavy (non-hydrogen) atoms. The lowest BCUT2D eigenvalue weighted by Crippen LogP contribution is -1.89. The first-order valence-corrected chi connectivity index (χ1v) is 10.5. The summed E-state index contributed by atoms with van der Waals surface area (Å²) < 4.78 is 0. The van der Waals surface area contributed by atoms with Crippen LogP contribution in [0.25, 0.3) is 50.2 Å². The molecule has 1 aliphatic heterocycles. The van der Waals surface area contributed by atoms with E-state index in [2.05, 4.69) is 48.8 Å². The number of thioether (sulfide) groups is 1. The largest absolute Gasteiger partial charge is 0.336 e. The van der Waals surface area contributed by atoms with Gasteiger partial charge >= 0.3 is 0 Å². The Labute approximate surface area is 170 Å². The molecular formula is C22H16N6S. The van der Waals surface area contributed by atoms with Crippen molar-refractivity contribution < 1.29 is 0 Å². The van der Waals surface area contributed by atoms with Crippen molar-refractivity contribution in [3.63, 3.8) is 0 Å². The molecule has 0 bridgehead atoms. The third-order valence-electron chi connectivity index (χ3n) is 5.22. The van der Waals surface area contributed by atoms with Gasteiger partial charge in [-0.3, -0.25) is 15.1 Å². The van der Waals surface area contributed by atoms with E-state index >= 15 is 0 Å². The minimum absolute atomic E-state index is 0.749. The molecule has 5 aromatic rings. The van der Waals surface area contributed by atoms with Crippen LogP contribution in [-0.2, 0) is 0 Å². The smallest absolute Gasteiger partial charge is 0.159 e. The quantitative estimate of drug-likeness (QED) is 0.446. The van der Waals surface area contributed by atoms with Gasteiger partial charge in [0, 0.05) is 29.7 Å². The zero-order valence-electron chi connectivity index (χ0n) is 15.4. The summed E-state index contributed by atoms with van der Waals surface area (Å²) >= 11 is 1.83. The van der Waals surface area contributed by atoms with Gasteiger partial charge in [0.05, 0.1) is 16.7 Å². The van der Waals surface area contributed by atoms with E-state index < -0.39 is 0 Å². The van der Waals surface area contributed by atoms with Gasteiger partial charge in [0.2, 0.25) is 0 Å². The average molecular weight is 396 g/mol. The monoisotopic (exact) mass is 396 g/mol. The fraction of sp³-hybridized carbons (Fsp3) is 0.0909. The fourth-order valence-corrected chi connectivity index (χ4v) is 4.65. The maximum atomic E-state index is 4.89. The van der Waals surface area contributed by atoms with Crippen molar-refractivity contribution in [2.75, 3.05) is 5.75 Å². The van der Waals surface area contributed by atoms with Crippen LogP contribution in [0.1, 0.15) is 12.1 Å². The maximum absolute atomic E-state index is 4.89. The Morgan fingerprint density at radius 3 is 2.69 bits per heavy atom. The molecule has 6 rings (SSSR count). The van der Waals surface area contributed by atoms with Crippen LogP contribution < -0.4 is 0 Å². The van der Waals surface area contributed by atoms with E-state index in [-0.39, 0.29) is 0 Å². The van der Waals surface area contributed by atoms with E-state index in [4.69, 9.17) is 4.98 Å². The molecule has 0 aliphatic carbocycles. The number of nitrogens with zero attached hydrogens (tertiary/aromatic N) is 4. The minimum atomic E-state index is 0.749. The molecule has 0 amide bonds. The molecule has 0 saturated heterocycles. The highest BCUT2D eigenvalue weighted by Crippen LogP contribution is 2.34. The van der Waals surface area contributed by atoms with Crippen LogP contribution in [0.4, 0.5) is 0 Å². The summed E-state index contributed by atoms with van der Waals surface area (Å²) in [5.74, 6) is 1.85. The molecule has 6 nitrogen and oxygen atoms in total. The third-order valence-corrected chi connectivity index (χ3v) is 6.11. The van der Waals surface area contributed by atoms with Gasteiger partial charge < -0.3 is 4.98 Å². The first-order chi connectivity index (χ1) is 14.4. The number of rotatable bonds is 3. The van der Waals surface area contributed by atoms with Crippen LogP contribution >= 0.6 is 11.8 Å². The summed E-state index contributed by atoms with van der Waals surface area (Å²) in [6.45, 7) is 0. The number of imidazole rings is 1. The van der Waals surface area contributed by atoms with E-state index in [0.29, 0.717) is 0 Å². The van der Waals surface area contributed by atoms with Crippen LogP contribution in [0.2, 0.25) is 0 Å². The first-order valence-electron chi connectivity index (χ1n) is 9.41. The van der Waals surface area contributed by atoms with Gasteiger partial charge in [-0.25, -0.2) is 4.98 Å². The van der Waals surface area contributed by atoms with Gasteiger partial charge in [0.15, 0.2) is 5.82 Å². The van der Waals surface area contributed by atoms with E-state index in [9.17, 15) is 0 Å². The lowest BCUT2D eigenvalue weighted by atomic mass is 10.0. The van der Waals surface area contributed by atoms with Crippen molar-refractivity contribution in [2.45, 2.75) is 6.42 Å². The van der Waals surface area contributed by atoms with Crippen molar-refractivity contribution >= 4 is 39.3 Å². The second-order valence-electron chi connectivity index (χ2n) is 6.97. The van der Waals surface area contributed by atoms with E-state index in [1.165, 1.54) is 5.57 Å². The third kappa shape index (κ3) is 2.74. The molecule has 140 valence electrons. The number of benzene rings is 1. The Bertz CT molecular complexity index is 1380. The number of aromatic amines is 2.